The van der Waals surface area contributed by atoms with E-state index in [0.717, 1.165) is 25.7 Å². The zero-order chi connectivity index (χ0) is 14.3. The zero-order valence-corrected chi connectivity index (χ0v) is 11.5. The predicted molar refractivity (Wildman–Crippen MR) is 72.6 cm³/mol. The molecule has 4 N–H and O–H groups in total. The van der Waals surface area contributed by atoms with E-state index in [0.29, 0.717) is 17.3 Å². The summed E-state index contributed by atoms with van der Waals surface area (Å²) in [4.78, 5) is 15.6. The molecule has 0 aromatic carbocycles. The molecule has 1 aromatic rings. The second-order valence-electron chi connectivity index (χ2n) is 5.89. The number of carbonyl (C=O) groups excluding carboxylic acids is 1. The van der Waals surface area contributed by atoms with Crippen LogP contribution in [-0.2, 0) is 0 Å². The van der Waals surface area contributed by atoms with Crippen molar-refractivity contribution in [1.29, 1.82) is 0 Å². The molecule has 2 fully saturated rings. The first-order chi connectivity index (χ1) is 9.51. The number of ether oxygens (including phenoxy) is 2. The van der Waals surface area contributed by atoms with Gasteiger partial charge in [0.05, 0.1) is 7.11 Å². The summed E-state index contributed by atoms with van der Waals surface area (Å²) in [5.41, 5.74) is 11.8. The van der Waals surface area contributed by atoms with Crippen molar-refractivity contribution in [3.63, 3.8) is 0 Å². The van der Waals surface area contributed by atoms with E-state index >= 15 is 0 Å². The summed E-state index contributed by atoms with van der Waals surface area (Å²) in [6.07, 6.45) is 4.16. The van der Waals surface area contributed by atoms with E-state index in [-0.39, 0.29) is 17.5 Å². The summed E-state index contributed by atoms with van der Waals surface area (Å²) in [6.45, 7) is 0. The molecule has 2 saturated carbocycles. The molecule has 3 rings (SSSR count). The highest BCUT2D eigenvalue weighted by Crippen LogP contribution is 2.56. The van der Waals surface area contributed by atoms with Crippen LogP contribution in [0.3, 0.4) is 0 Å². The molecule has 0 atom stereocenters. The maximum atomic E-state index is 11.4. The topological polar surface area (TPSA) is 100 Å². The van der Waals surface area contributed by atoms with Crippen molar-refractivity contribution in [2.45, 2.75) is 37.8 Å². The Kier molecular flexibility index (Phi) is 3.05. The predicted octanol–water partition coefficient (Wildman–Crippen LogP) is 0.838. The van der Waals surface area contributed by atoms with Gasteiger partial charge in [-0.15, -0.1) is 0 Å². The van der Waals surface area contributed by atoms with Crippen molar-refractivity contribution in [3.8, 4) is 11.8 Å². The smallest absolute Gasteiger partial charge is 0.254 e. The van der Waals surface area contributed by atoms with Gasteiger partial charge >= 0.3 is 0 Å². The summed E-state index contributed by atoms with van der Waals surface area (Å²) < 4.78 is 10.9. The molecule has 0 aliphatic heterocycles. The van der Waals surface area contributed by atoms with Crippen LogP contribution in [0.5, 0.6) is 11.8 Å². The van der Waals surface area contributed by atoms with Crippen LogP contribution in [0.15, 0.2) is 12.1 Å². The molecule has 1 spiro atoms. The number of rotatable bonds is 4. The van der Waals surface area contributed by atoms with E-state index in [1.54, 1.807) is 12.1 Å². The molecule has 2 aliphatic rings. The van der Waals surface area contributed by atoms with Crippen molar-refractivity contribution < 1.29 is 14.3 Å². The summed E-state index contributed by atoms with van der Waals surface area (Å²) >= 11 is 0. The zero-order valence-electron chi connectivity index (χ0n) is 11.5. The Labute approximate surface area is 117 Å². The number of amides is 1. The van der Waals surface area contributed by atoms with E-state index in [9.17, 15) is 4.79 Å². The number of hydrogen-bond donors (Lipinski definition) is 2. The van der Waals surface area contributed by atoms with Crippen LogP contribution in [0.4, 0.5) is 0 Å². The first-order valence-electron chi connectivity index (χ1n) is 6.78. The number of nitrogens with two attached hydrogens (primary N) is 2. The molecule has 0 saturated heterocycles. The molecule has 1 heterocycles. The van der Waals surface area contributed by atoms with E-state index in [1.807, 2.05) is 0 Å². The quantitative estimate of drug-likeness (QED) is 0.849. The Morgan fingerprint density at radius 2 is 2.05 bits per heavy atom. The second kappa shape index (κ2) is 4.63. The van der Waals surface area contributed by atoms with Crippen LogP contribution in [0.1, 0.15) is 36.0 Å². The third kappa shape index (κ3) is 2.20. The van der Waals surface area contributed by atoms with Crippen molar-refractivity contribution in [3.05, 3.63) is 17.7 Å². The third-order valence-electron chi connectivity index (χ3n) is 4.30. The highest BCUT2D eigenvalue weighted by molar-refractivity contribution is 5.95. The molecule has 108 valence electrons. The van der Waals surface area contributed by atoms with Gasteiger partial charge in [0.2, 0.25) is 11.8 Å². The normalized spacial score (nSPS) is 31.3. The van der Waals surface area contributed by atoms with Gasteiger partial charge in [0.25, 0.3) is 5.91 Å². The number of carbonyl (C=O) groups is 1. The summed E-state index contributed by atoms with van der Waals surface area (Å²) in [7, 11) is 1.52. The molecule has 0 bridgehead atoms. The van der Waals surface area contributed by atoms with Crippen LogP contribution in [0.2, 0.25) is 0 Å². The molecule has 2 aliphatic carbocycles. The minimum absolute atomic E-state index is 0.0835. The lowest BCUT2D eigenvalue weighted by atomic mass is 9.53. The molecular weight excluding hydrogens is 258 g/mol. The Hall–Kier alpha value is -1.82. The Morgan fingerprint density at radius 3 is 2.60 bits per heavy atom. The van der Waals surface area contributed by atoms with E-state index in [4.69, 9.17) is 20.9 Å². The number of pyridine rings is 1. The number of methoxy groups -OCH3 is 1. The fraction of sp³-hybridized carbons (Fsp3) is 0.571. The average Bonchev–Trinajstić information content (AvgIpc) is 2.34. The molecule has 1 amide bonds. The van der Waals surface area contributed by atoms with Crippen LogP contribution in [0.25, 0.3) is 0 Å². The van der Waals surface area contributed by atoms with Crippen LogP contribution in [-0.4, -0.2) is 30.1 Å². The number of aromatic nitrogens is 1. The Bertz CT molecular complexity index is 532. The second-order valence-corrected chi connectivity index (χ2v) is 5.89. The van der Waals surface area contributed by atoms with Crippen LogP contribution >= 0.6 is 0 Å². The summed E-state index contributed by atoms with van der Waals surface area (Å²) in [5.74, 6) is 0.125. The molecule has 20 heavy (non-hydrogen) atoms. The lowest BCUT2D eigenvalue weighted by molar-refractivity contribution is -0.0798. The molecular formula is C14H19N3O3. The van der Waals surface area contributed by atoms with Crippen molar-refractivity contribution in [2.24, 2.45) is 16.9 Å². The first-order valence-corrected chi connectivity index (χ1v) is 6.78. The SMILES string of the molecule is COc1ccc(C(N)=O)c(OC2CC3(CC(N)C3)C2)n1. The molecule has 0 radical (unpaired) electrons. The lowest BCUT2D eigenvalue weighted by Crippen LogP contribution is -2.56. The monoisotopic (exact) mass is 277 g/mol. The van der Waals surface area contributed by atoms with Gasteiger partial charge in [-0.2, -0.15) is 4.98 Å². The van der Waals surface area contributed by atoms with Gasteiger partial charge in [-0.1, -0.05) is 0 Å². The fourth-order valence-electron chi connectivity index (χ4n) is 3.35. The maximum absolute atomic E-state index is 11.4. The van der Waals surface area contributed by atoms with Gasteiger partial charge in [-0.05, 0) is 37.2 Å². The molecule has 1 aromatic heterocycles. The molecule has 6 heteroatoms. The Balaban J connectivity index is 1.69. The highest BCUT2D eigenvalue weighted by Gasteiger charge is 2.53. The van der Waals surface area contributed by atoms with Gasteiger partial charge in [-0.3, -0.25) is 4.79 Å². The minimum Gasteiger partial charge on any atom is -0.481 e. The standard InChI is InChI=1S/C14H19N3O3/c1-19-11-3-2-10(12(16)18)13(17-11)20-9-6-14(7-9)4-8(15)5-14/h2-3,8-9H,4-7,15H2,1H3,(H2,16,18). The van der Waals surface area contributed by atoms with Gasteiger partial charge in [0, 0.05) is 12.1 Å². The number of primary amides is 1. The number of nitrogens with zero attached hydrogens (tertiary/aromatic N) is 1. The number of hydrogen-bond acceptors (Lipinski definition) is 5. The minimum atomic E-state index is -0.546. The fourth-order valence-corrected chi connectivity index (χ4v) is 3.35. The average molecular weight is 277 g/mol. The van der Waals surface area contributed by atoms with Crippen LogP contribution < -0.4 is 20.9 Å². The highest BCUT2D eigenvalue weighted by atomic mass is 16.5. The van der Waals surface area contributed by atoms with E-state index < -0.39 is 5.91 Å². The van der Waals surface area contributed by atoms with E-state index in [2.05, 4.69) is 4.98 Å². The van der Waals surface area contributed by atoms with Gasteiger partial charge in [-0.25, -0.2) is 0 Å². The largest absolute Gasteiger partial charge is 0.481 e. The van der Waals surface area contributed by atoms with Gasteiger partial charge in [0.1, 0.15) is 11.7 Å². The first kappa shape index (κ1) is 13.2. The molecule has 6 nitrogen and oxygen atoms in total. The lowest BCUT2D eigenvalue weighted by Gasteiger charge is -2.56. The summed E-state index contributed by atoms with van der Waals surface area (Å²) in [6, 6.07) is 3.52. The van der Waals surface area contributed by atoms with Crippen molar-refractivity contribution in [1.82, 2.24) is 4.98 Å². The Morgan fingerprint density at radius 1 is 1.35 bits per heavy atom. The van der Waals surface area contributed by atoms with Crippen LogP contribution in [0, 0.1) is 5.41 Å². The third-order valence-corrected chi connectivity index (χ3v) is 4.30. The van der Waals surface area contributed by atoms with Gasteiger partial charge in [0.15, 0.2) is 0 Å². The maximum Gasteiger partial charge on any atom is 0.254 e. The molecule has 0 unspecified atom stereocenters. The van der Waals surface area contributed by atoms with Gasteiger partial charge < -0.3 is 20.9 Å². The summed E-state index contributed by atoms with van der Waals surface area (Å²) in [5, 5.41) is 0. The van der Waals surface area contributed by atoms with Crippen molar-refractivity contribution in [2.75, 3.05) is 7.11 Å². The van der Waals surface area contributed by atoms with Crippen molar-refractivity contribution >= 4 is 5.91 Å². The van der Waals surface area contributed by atoms with E-state index in [1.165, 1.54) is 7.11 Å².